The Balaban J connectivity index is 2.08. The van der Waals surface area contributed by atoms with Gasteiger partial charge in [-0.3, -0.25) is 0 Å². The van der Waals surface area contributed by atoms with E-state index in [-0.39, 0.29) is 11.0 Å². The summed E-state index contributed by atoms with van der Waals surface area (Å²) in [5.41, 5.74) is 3.40. The molecule has 21 heavy (non-hydrogen) atoms. The van der Waals surface area contributed by atoms with Crippen LogP contribution in [0.25, 0.3) is 0 Å². The third-order valence-electron chi connectivity index (χ3n) is 4.15. The summed E-state index contributed by atoms with van der Waals surface area (Å²) in [7, 11) is 0. The van der Waals surface area contributed by atoms with Crippen molar-refractivity contribution in [1.82, 2.24) is 5.32 Å². The van der Waals surface area contributed by atoms with Crippen LogP contribution in [0.2, 0.25) is 0 Å². The monoisotopic (exact) mass is 288 g/mol. The molecule has 1 N–H and O–H groups in total. The van der Waals surface area contributed by atoms with Gasteiger partial charge in [0.1, 0.15) is 0 Å². The number of benzene rings is 1. The Kier molecular flexibility index (Phi) is 4.67. The van der Waals surface area contributed by atoms with Crippen LogP contribution in [0.3, 0.4) is 0 Å². The van der Waals surface area contributed by atoms with E-state index in [2.05, 4.69) is 76.0 Å². The molecule has 2 heteroatoms. The fourth-order valence-corrected chi connectivity index (χ4v) is 3.13. The van der Waals surface area contributed by atoms with Gasteiger partial charge in [0.2, 0.25) is 0 Å². The number of nitrogens with one attached hydrogen (secondary N) is 1. The summed E-state index contributed by atoms with van der Waals surface area (Å²) in [4.78, 5) is 2.59. The molecule has 0 saturated carbocycles. The van der Waals surface area contributed by atoms with Gasteiger partial charge in [0.15, 0.2) is 0 Å². The molecule has 1 aromatic rings. The Bertz CT molecular complexity index is 471. The molecule has 1 aromatic carbocycles. The van der Waals surface area contributed by atoms with Crippen molar-refractivity contribution in [3.05, 3.63) is 29.8 Å². The van der Waals surface area contributed by atoms with Gasteiger partial charge in [0, 0.05) is 30.9 Å². The van der Waals surface area contributed by atoms with Gasteiger partial charge < -0.3 is 10.2 Å². The quantitative estimate of drug-likeness (QED) is 0.897. The van der Waals surface area contributed by atoms with Gasteiger partial charge in [-0.05, 0) is 50.2 Å². The fourth-order valence-electron chi connectivity index (χ4n) is 3.13. The Hall–Kier alpha value is -1.02. The van der Waals surface area contributed by atoms with Gasteiger partial charge >= 0.3 is 0 Å². The van der Waals surface area contributed by atoms with Crippen LogP contribution >= 0.6 is 0 Å². The topological polar surface area (TPSA) is 15.3 Å². The van der Waals surface area contributed by atoms with Crippen LogP contribution in [0.15, 0.2) is 24.3 Å². The highest BCUT2D eigenvalue weighted by molar-refractivity contribution is 5.55. The summed E-state index contributed by atoms with van der Waals surface area (Å²) in [5.74, 6) is 0.742. The van der Waals surface area contributed by atoms with Crippen molar-refractivity contribution >= 4 is 5.69 Å². The number of fused-ring (bicyclic) bond motifs is 1. The van der Waals surface area contributed by atoms with Crippen LogP contribution in [0.5, 0.6) is 0 Å². The number of anilines is 1. The van der Waals surface area contributed by atoms with E-state index in [0.29, 0.717) is 0 Å². The number of para-hydroxylation sites is 1. The second-order valence-corrected chi connectivity index (χ2v) is 8.59. The van der Waals surface area contributed by atoms with Crippen molar-refractivity contribution in [2.75, 3.05) is 24.5 Å². The minimum Gasteiger partial charge on any atom is -0.370 e. The largest absolute Gasteiger partial charge is 0.370 e. The Morgan fingerprint density at radius 3 is 2.48 bits per heavy atom. The Morgan fingerprint density at radius 1 is 1.14 bits per heavy atom. The third kappa shape index (κ3) is 4.74. The first-order chi connectivity index (χ1) is 9.66. The molecule has 0 fully saturated rings. The predicted octanol–water partition coefficient (Wildman–Crippen LogP) is 4.10. The molecule has 1 aliphatic rings. The minimum atomic E-state index is 0.185. The average molecular weight is 288 g/mol. The summed E-state index contributed by atoms with van der Waals surface area (Å²) in [6.07, 6.45) is 1.22. The van der Waals surface area contributed by atoms with Crippen molar-refractivity contribution < 1.29 is 0 Å². The van der Waals surface area contributed by atoms with Crippen molar-refractivity contribution in [1.29, 1.82) is 0 Å². The van der Waals surface area contributed by atoms with Crippen LogP contribution in [-0.4, -0.2) is 25.2 Å². The van der Waals surface area contributed by atoms with Crippen molar-refractivity contribution in [2.45, 2.75) is 53.5 Å². The van der Waals surface area contributed by atoms with Gasteiger partial charge in [-0.2, -0.15) is 0 Å². The summed E-state index contributed by atoms with van der Waals surface area (Å²) in [6.45, 7) is 17.1. The standard InChI is InChI=1S/C19H32N2/c1-15-11-16-9-7-8-10-17(16)21(12-15)14-19(5,6)13-20-18(2,3)4/h7-10,15,20H,11-14H2,1-6H3. The lowest BCUT2D eigenvalue weighted by atomic mass is 9.88. The van der Waals surface area contributed by atoms with Crippen molar-refractivity contribution in [2.24, 2.45) is 11.3 Å². The van der Waals surface area contributed by atoms with Gasteiger partial charge in [-0.1, -0.05) is 39.0 Å². The predicted molar refractivity (Wildman–Crippen MR) is 93.1 cm³/mol. The molecule has 0 bridgehead atoms. The first-order valence-electron chi connectivity index (χ1n) is 8.24. The van der Waals surface area contributed by atoms with E-state index >= 15 is 0 Å². The van der Waals surface area contributed by atoms with E-state index in [1.807, 2.05) is 0 Å². The Morgan fingerprint density at radius 2 is 1.81 bits per heavy atom. The van der Waals surface area contributed by atoms with E-state index in [1.54, 1.807) is 0 Å². The maximum absolute atomic E-state index is 3.66. The molecule has 2 rings (SSSR count). The molecule has 1 aliphatic heterocycles. The molecule has 1 unspecified atom stereocenters. The molecule has 1 atom stereocenters. The smallest absolute Gasteiger partial charge is 0.0399 e. The second kappa shape index (κ2) is 6.00. The van der Waals surface area contributed by atoms with E-state index in [1.165, 1.54) is 24.2 Å². The normalized spacial score (nSPS) is 19.5. The number of hydrogen-bond acceptors (Lipinski definition) is 2. The maximum Gasteiger partial charge on any atom is 0.0399 e. The summed E-state index contributed by atoms with van der Waals surface area (Å²) in [6, 6.07) is 8.91. The van der Waals surface area contributed by atoms with Crippen LogP contribution in [0.4, 0.5) is 5.69 Å². The molecule has 0 radical (unpaired) electrons. The van der Waals surface area contributed by atoms with Gasteiger partial charge in [0.25, 0.3) is 0 Å². The van der Waals surface area contributed by atoms with E-state index in [0.717, 1.165) is 19.0 Å². The fraction of sp³-hybridized carbons (Fsp3) is 0.684. The molecule has 0 aromatic heterocycles. The molecule has 2 nitrogen and oxygen atoms in total. The lowest BCUT2D eigenvalue weighted by Crippen LogP contribution is -2.48. The van der Waals surface area contributed by atoms with Gasteiger partial charge in [0.05, 0.1) is 0 Å². The summed E-state index contributed by atoms with van der Waals surface area (Å²) >= 11 is 0. The highest BCUT2D eigenvalue weighted by Gasteiger charge is 2.28. The zero-order chi connectivity index (χ0) is 15.7. The maximum atomic E-state index is 3.66. The highest BCUT2D eigenvalue weighted by atomic mass is 15.2. The van der Waals surface area contributed by atoms with E-state index in [9.17, 15) is 0 Å². The molecule has 0 amide bonds. The minimum absolute atomic E-state index is 0.185. The number of nitrogens with zero attached hydrogens (tertiary/aromatic N) is 1. The van der Waals surface area contributed by atoms with Crippen LogP contribution in [0.1, 0.15) is 47.1 Å². The first kappa shape index (κ1) is 16.4. The molecular formula is C19H32N2. The lowest BCUT2D eigenvalue weighted by Gasteiger charge is -2.41. The van der Waals surface area contributed by atoms with E-state index in [4.69, 9.17) is 0 Å². The first-order valence-corrected chi connectivity index (χ1v) is 8.24. The number of rotatable bonds is 4. The zero-order valence-electron chi connectivity index (χ0n) is 14.7. The van der Waals surface area contributed by atoms with Crippen LogP contribution in [0, 0.1) is 11.3 Å². The van der Waals surface area contributed by atoms with Gasteiger partial charge in [-0.15, -0.1) is 0 Å². The third-order valence-corrected chi connectivity index (χ3v) is 4.15. The van der Waals surface area contributed by atoms with Crippen LogP contribution < -0.4 is 10.2 Å². The van der Waals surface area contributed by atoms with Crippen molar-refractivity contribution in [3.8, 4) is 0 Å². The van der Waals surface area contributed by atoms with Crippen LogP contribution in [-0.2, 0) is 6.42 Å². The van der Waals surface area contributed by atoms with E-state index < -0.39 is 0 Å². The number of hydrogen-bond donors (Lipinski definition) is 1. The molecule has 0 saturated heterocycles. The molecule has 0 aliphatic carbocycles. The molecular weight excluding hydrogens is 256 g/mol. The SMILES string of the molecule is CC1Cc2ccccc2N(CC(C)(C)CNC(C)(C)C)C1. The molecule has 1 heterocycles. The Labute approximate surface area is 130 Å². The molecule has 0 spiro atoms. The van der Waals surface area contributed by atoms with Gasteiger partial charge in [-0.25, -0.2) is 0 Å². The molecule has 118 valence electrons. The lowest BCUT2D eigenvalue weighted by molar-refractivity contribution is 0.287. The average Bonchev–Trinajstić information content (AvgIpc) is 2.35. The highest BCUT2D eigenvalue weighted by Crippen LogP contribution is 2.32. The summed E-state index contributed by atoms with van der Waals surface area (Å²) < 4.78 is 0. The van der Waals surface area contributed by atoms with Crippen molar-refractivity contribution in [3.63, 3.8) is 0 Å². The second-order valence-electron chi connectivity index (χ2n) is 8.59. The zero-order valence-corrected chi connectivity index (χ0v) is 14.7. The summed E-state index contributed by atoms with van der Waals surface area (Å²) in [5, 5.41) is 3.66.